The lowest BCUT2D eigenvalue weighted by molar-refractivity contribution is -0.135. The highest BCUT2D eigenvalue weighted by Crippen LogP contribution is 2.51. The predicted octanol–water partition coefficient (Wildman–Crippen LogP) is 5.21. The number of aryl methyl sites for hydroxylation is 2. The Kier molecular flexibility index (Phi) is 6.04. The van der Waals surface area contributed by atoms with Crippen molar-refractivity contribution in [3.63, 3.8) is 0 Å². The number of phosphoric ester groups is 1. The molecular formula is C18H21O5P. The van der Waals surface area contributed by atoms with Gasteiger partial charge in [-0.25, -0.2) is 0 Å². The average Bonchev–Trinajstić information content (AvgIpc) is 2.52. The van der Waals surface area contributed by atoms with E-state index in [1.807, 2.05) is 19.1 Å². The van der Waals surface area contributed by atoms with Crippen molar-refractivity contribution in [3.05, 3.63) is 59.7 Å². The summed E-state index contributed by atoms with van der Waals surface area (Å²) in [6.45, 7) is 5.44. The molecular weight excluding hydrogens is 327 g/mol. The van der Waals surface area contributed by atoms with Crippen LogP contribution in [0.4, 0.5) is 0 Å². The number of hydrogen-bond donors (Lipinski definition) is 0. The van der Waals surface area contributed by atoms with Gasteiger partial charge in [0.2, 0.25) is 0 Å². The highest BCUT2D eigenvalue weighted by Gasteiger charge is 2.36. The molecule has 128 valence electrons. The van der Waals surface area contributed by atoms with Gasteiger partial charge < -0.3 is 13.6 Å². The number of carbonyl (C=O) groups excluding carboxylic acids is 1. The molecule has 0 unspecified atom stereocenters. The van der Waals surface area contributed by atoms with Crippen LogP contribution in [0.2, 0.25) is 0 Å². The smallest absolute Gasteiger partial charge is 0.386 e. The van der Waals surface area contributed by atoms with Crippen LogP contribution in [0.15, 0.2) is 48.5 Å². The molecule has 0 radical (unpaired) electrons. The third-order valence-electron chi connectivity index (χ3n) is 3.28. The van der Waals surface area contributed by atoms with Gasteiger partial charge in [-0.15, -0.1) is 0 Å². The lowest BCUT2D eigenvalue weighted by atomic mass is 10.2. The maximum absolute atomic E-state index is 13.1. The number of para-hydroxylation sites is 2. The molecule has 0 spiro atoms. The largest absolute Gasteiger partial charge is 0.649 e. The number of rotatable bonds is 7. The third-order valence-corrected chi connectivity index (χ3v) is 4.54. The van der Waals surface area contributed by atoms with Gasteiger partial charge in [0.1, 0.15) is 11.5 Å². The van der Waals surface area contributed by atoms with Gasteiger partial charge in [-0.3, -0.25) is 4.79 Å². The van der Waals surface area contributed by atoms with Crippen LogP contribution < -0.4 is 9.05 Å². The quantitative estimate of drug-likeness (QED) is 0.643. The van der Waals surface area contributed by atoms with Gasteiger partial charge in [-0.2, -0.15) is 4.57 Å². The van der Waals surface area contributed by atoms with Crippen LogP contribution in [-0.4, -0.2) is 5.97 Å². The van der Waals surface area contributed by atoms with Crippen LogP contribution in [0.1, 0.15) is 30.9 Å². The van der Waals surface area contributed by atoms with Crippen molar-refractivity contribution >= 4 is 13.8 Å². The lowest BCUT2D eigenvalue weighted by Gasteiger charge is -2.20. The van der Waals surface area contributed by atoms with Crippen LogP contribution in [-0.2, 0) is 13.9 Å². The van der Waals surface area contributed by atoms with E-state index >= 15 is 0 Å². The zero-order chi connectivity index (χ0) is 17.6. The minimum absolute atomic E-state index is 0.137. The Morgan fingerprint density at radius 1 is 0.917 bits per heavy atom. The van der Waals surface area contributed by atoms with E-state index in [2.05, 4.69) is 0 Å². The molecule has 0 saturated heterocycles. The molecule has 2 rings (SSSR count). The topological polar surface area (TPSA) is 61.8 Å². The first-order valence-corrected chi connectivity index (χ1v) is 9.22. The summed E-state index contributed by atoms with van der Waals surface area (Å²) < 4.78 is 29.1. The first kappa shape index (κ1) is 18.1. The molecule has 6 heteroatoms. The van der Waals surface area contributed by atoms with E-state index in [1.165, 1.54) is 0 Å². The number of phosphoric acid groups is 1. The fourth-order valence-electron chi connectivity index (χ4n) is 1.99. The minimum atomic E-state index is -4.15. The van der Waals surface area contributed by atoms with Crippen LogP contribution in [0, 0.1) is 13.8 Å². The lowest BCUT2D eigenvalue weighted by Crippen LogP contribution is -2.11. The zero-order valence-electron chi connectivity index (χ0n) is 14.0. The molecule has 5 nitrogen and oxygen atoms in total. The molecule has 0 saturated carbocycles. The van der Waals surface area contributed by atoms with Gasteiger partial charge >= 0.3 is 13.8 Å². The molecule has 2 aromatic rings. The van der Waals surface area contributed by atoms with Crippen molar-refractivity contribution in [2.24, 2.45) is 0 Å². The Hall–Kier alpha value is -2.26. The van der Waals surface area contributed by atoms with Crippen molar-refractivity contribution in [3.8, 4) is 11.5 Å². The van der Waals surface area contributed by atoms with E-state index < -0.39 is 13.8 Å². The SMILES string of the molecule is CCCC(=O)OP(=O)(Oc1ccccc1C)Oc1ccccc1C. The highest BCUT2D eigenvalue weighted by molar-refractivity contribution is 7.50. The molecule has 0 aliphatic heterocycles. The second-order valence-corrected chi connectivity index (χ2v) is 6.82. The Balaban J connectivity index is 2.30. The van der Waals surface area contributed by atoms with Gasteiger partial charge in [0.15, 0.2) is 0 Å². The van der Waals surface area contributed by atoms with E-state index in [0.717, 1.165) is 11.1 Å². The predicted molar refractivity (Wildman–Crippen MR) is 92.2 cm³/mol. The Morgan fingerprint density at radius 2 is 1.38 bits per heavy atom. The van der Waals surface area contributed by atoms with E-state index in [9.17, 15) is 9.36 Å². The fraction of sp³-hybridized carbons (Fsp3) is 0.278. The summed E-state index contributed by atoms with van der Waals surface area (Å²) in [6, 6.07) is 14.1. The summed E-state index contributed by atoms with van der Waals surface area (Å²) in [4.78, 5) is 11.9. The normalized spacial score (nSPS) is 11.0. The maximum Gasteiger partial charge on any atom is 0.649 e. The van der Waals surface area contributed by atoms with Gasteiger partial charge in [-0.1, -0.05) is 43.3 Å². The molecule has 0 bridgehead atoms. The minimum Gasteiger partial charge on any atom is -0.386 e. The molecule has 0 aromatic heterocycles. The van der Waals surface area contributed by atoms with Crippen molar-refractivity contribution in [1.82, 2.24) is 0 Å². The van der Waals surface area contributed by atoms with Crippen LogP contribution in [0.3, 0.4) is 0 Å². The molecule has 0 aliphatic rings. The third kappa shape index (κ3) is 4.87. The van der Waals surface area contributed by atoms with Gasteiger partial charge in [0, 0.05) is 6.42 Å². The van der Waals surface area contributed by atoms with E-state index in [0.29, 0.717) is 17.9 Å². The molecule has 0 fully saturated rings. The summed E-state index contributed by atoms with van der Waals surface area (Å²) >= 11 is 0. The Morgan fingerprint density at radius 3 is 1.79 bits per heavy atom. The summed E-state index contributed by atoms with van der Waals surface area (Å²) in [5.41, 5.74) is 1.52. The second kappa shape index (κ2) is 8.02. The molecule has 0 aliphatic carbocycles. The number of carbonyl (C=O) groups is 1. The maximum atomic E-state index is 13.1. The van der Waals surface area contributed by atoms with Gasteiger partial charge in [-0.05, 0) is 43.5 Å². The molecule has 0 N–H and O–H groups in total. The molecule has 0 amide bonds. The Labute approximate surface area is 142 Å². The summed E-state index contributed by atoms with van der Waals surface area (Å²) in [5, 5.41) is 0. The standard InChI is InChI=1S/C18H21O5P/c1-4-9-18(19)23-24(20,21-16-12-7-5-10-14(16)2)22-17-13-8-6-11-15(17)3/h5-8,10-13H,4,9H2,1-3H3. The van der Waals surface area contributed by atoms with Crippen LogP contribution in [0.5, 0.6) is 11.5 Å². The first-order valence-electron chi connectivity index (χ1n) is 7.76. The number of benzene rings is 2. The monoisotopic (exact) mass is 348 g/mol. The summed E-state index contributed by atoms with van der Waals surface area (Å²) in [5.74, 6) is 0.0698. The molecule has 24 heavy (non-hydrogen) atoms. The summed E-state index contributed by atoms with van der Waals surface area (Å²) in [6.07, 6.45) is 0.714. The van der Waals surface area contributed by atoms with Crippen molar-refractivity contribution in [2.45, 2.75) is 33.6 Å². The van der Waals surface area contributed by atoms with Gasteiger partial charge in [0.05, 0.1) is 0 Å². The average molecular weight is 348 g/mol. The second-order valence-electron chi connectivity index (χ2n) is 5.37. The first-order chi connectivity index (χ1) is 11.4. The number of hydrogen-bond acceptors (Lipinski definition) is 5. The van der Waals surface area contributed by atoms with Crippen molar-refractivity contribution in [1.29, 1.82) is 0 Å². The molecule has 2 aromatic carbocycles. The zero-order valence-corrected chi connectivity index (χ0v) is 14.9. The van der Waals surface area contributed by atoms with Crippen molar-refractivity contribution in [2.75, 3.05) is 0 Å². The molecule has 0 atom stereocenters. The van der Waals surface area contributed by atoms with E-state index in [1.54, 1.807) is 50.2 Å². The van der Waals surface area contributed by atoms with Crippen LogP contribution >= 0.6 is 7.82 Å². The van der Waals surface area contributed by atoms with E-state index in [-0.39, 0.29) is 6.42 Å². The Bertz CT molecular complexity index is 705. The molecule has 0 heterocycles. The summed E-state index contributed by atoms with van der Waals surface area (Å²) in [7, 11) is -4.15. The van der Waals surface area contributed by atoms with E-state index in [4.69, 9.17) is 13.6 Å². The van der Waals surface area contributed by atoms with Crippen LogP contribution in [0.25, 0.3) is 0 Å². The van der Waals surface area contributed by atoms with Crippen molar-refractivity contribution < 1.29 is 22.9 Å². The van der Waals surface area contributed by atoms with Gasteiger partial charge in [0.25, 0.3) is 0 Å². The highest BCUT2D eigenvalue weighted by atomic mass is 31.2. The fourth-order valence-corrected chi connectivity index (χ4v) is 3.33.